The summed E-state index contributed by atoms with van der Waals surface area (Å²) in [7, 11) is 2.18. The predicted octanol–water partition coefficient (Wildman–Crippen LogP) is 1.62. The smallest absolute Gasteiger partial charge is 0.254 e. The van der Waals surface area contributed by atoms with E-state index in [9.17, 15) is 9.90 Å². The summed E-state index contributed by atoms with van der Waals surface area (Å²) < 4.78 is 0. The van der Waals surface area contributed by atoms with Crippen LogP contribution in [0.5, 0.6) is 0 Å². The first-order valence-electron chi connectivity index (χ1n) is 9.86. The van der Waals surface area contributed by atoms with Crippen LogP contribution < -0.4 is 0 Å². The minimum absolute atomic E-state index is 0.114. The summed E-state index contributed by atoms with van der Waals surface area (Å²) >= 11 is 0. The van der Waals surface area contributed by atoms with Crippen LogP contribution in [0.1, 0.15) is 27.9 Å². The Kier molecular flexibility index (Phi) is 6.33. The average Bonchev–Trinajstić information content (AvgIpc) is 2.92. The molecule has 1 aromatic rings. The largest absolute Gasteiger partial charge is 0.396 e. The van der Waals surface area contributed by atoms with E-state index < -0.39 is 0 Å². The van der Waals surface area contributed by atoms with E-state index in [1.807, 2.05) is 36.9 Å². The van der Waals surface area contributed by atoms with Gasteiger partial charge in [0.1, 0.15) is 0 Å². The molecule has 2 fully saturated rings. The van der Waals surface area contributed by atoms with Crippen molar-refractivity contribution in [1.29, 1.82) is 0 Å². The molecule has 1 aromatic carbocycles. The molecular formula is C21H33N3O2. The molecule has 1 N–H and O–H groups in total. The average molecular weight is 360 g/mol. The molecule has 5 nitrogen and oxygen atoms in total. The van der Waals surface area contributed by atoms with Crippen molar-refractivity contribution >= 4 is 5.91 Å². The molecule has 0 bridgehead atoms. The van der Waals surface area contributed by atoms with E-state index in [1.54, 1.807) is 0 Å². The molecule has 144 valence electrons. The van der Waals surface area contributed by atoms with Crippen molar-refractivity contribution in [2.24, 2.45) is 11.8 Å². The number of aliphatic hydroxyl groups is 1. The van der Waals surface area contributed by atoms with E-state index in [-0.39, 0.29) is 18.4 Å². The Morgan fingerprint density at radius 2 is 1.88 bits per heavy atom. The minimum atomic E-state index is 0.114. The fourth-order valence-corrected chi connectivity index (χ4v) is 4.27. The number of likely N-dealkylation sites (N-methyl/N-ethyl adjacent to an activating group) is 1. The molecule has 0 aromatic heterocycles. The molecule has 2 atom stereocenters. The van der Waals surface area contributed by atoms with Gasteiger partial charge in [-0.1, -0.05) is 17.7 Å². The topological polar surface area (TPSA) is 47.0 Å². The fourth-order valence-electron chi connectivity index (χ4n) is 4.27. The van der Waals surface area contributed by atoms with E-state index in [0.29, 0.717) is 12.5 Å². The third-order valence-electron chi connectivity index (χ3n) is 6.03. The summed E-state index contributed by atoms with van der Waals surface area (Å²) in [5, 5.41) is 9.87. The molecule has 2 aliphatic heterocycles. The normalized spacial score (nSPS) is 25.5. The number of hydrogen-bond acceptors (Lipinski definition) is 4. The first kappa shape index (κ1) is 19.3. The number of likely N-dealkylation sites (tertiary alicyclic amines) is 1. The minimum Gasteiger partial charge on any atom is -0.396 e. The van der Waals surface area contributed by atoms with Crippen LogP contribution in [0.4, 0.5) is 0 Å². The summed E-state index contributed by atoms with van der Waals surface area (Å²) in [5.41, 5.74) is 2.95. The highest BCUT2D eigenvalue weighted by Gasteiger charge is 2.36. The van der Waals surface area contributed by atoms with Gasteiger partial charge in [-0.2, -0.15) is 0 Å². The predicted molar refractivity (Wildman–Crippen MR) is 104 cm³/mol. The van der Waals surface area contributed by atoms with E-state index in [2.05, 4.69) is 16.8 Å². The molecule has 1 amide bonds. The summed E-state index contributed by atoms with van der Waals surface area (Å²) in [6.07, 6.45) is 1.19. The number of carbonyl (C=O) groups is 1. The summed E-state index contributed by atoms with van der Waals surface area (Å²) in [4.78, 5) is 19.9. The molecule has 26 heavy (non-hydrogen) atoms. The van der Waals surface area contributed by atoms with Crippen LogP contribution in [0.2, 0.25) is 0 Å². The van der Waals surface area contributed by atoms with Crippen molar-refractivity contribution in [3.8, 4) is 0 Å². The maximum absolute atomic E-state index is 13.0. The molecule has 2 saturated heterocycles. The maximum Gasteiger partial charge on any atom is 0.254 e. The van der Waals surface area contributed by atoms with Crippen molar-refractivity contribution in [1.82, 2.24) is 14.7 Å². The van der Waals surface area contributed by atoms with E-state index in [0.717, 1.165) is 56.0 Å². The highest BCUT2D eigenvalue weighted by Crippen LogP contribution is 2.27. The molecule has 0 saturated carbocycles. The molecule has 2 aliphatic rings. The zero-order valence-corrected chi connectivity index (χ0v) is 16.4. The number of aliphatic hydroxyl groups excluding tert-OH is 1. The van der Waals surface area contributed by atoms with Crippen LogP contribution in [-0.2, 0) is 0 Å². The van der Waals surface area contributed by atoms with Gasteiger partial charge in [0, 0.05) is 50.8 Å². The monoisotopic (exact) mass is 359 g/mol. The Hall–Kier alpha value is -1.43. The number of carbonyl (C=O) groups excluding carboxylic acids is 1. The molecule has 0 unspecified atom stereocenters. The van der Waals surface area contributed by atoms with Crippen LogP contribution in [0.25, 0.3) is 0 Å². The number of benzene rings is 1. The molecular weight excluding hydrogens is 326 g/mol. The first-order valence-corrected chi connectivity index (χ1v) is 9.86. The first-order chi connectivity index (χ1) is 12.5. The van der Waals surface area contributed by atoms with Gasteiger partial charge < -0.3 is 19.8 Å². The zero-order chi connectivity index (χ0) is 18.7. The van der Waals surface area contributed by atoms with Gasteiger partial charge in [0.05, 0.1) is 0 Å². The van der Waals surface area contributed by atoms with Gasteiger partial charge in [0.2, 0.25) is 0 Å². The Labute approximate surface area is 157 Å². The van der Waals surface area contributed by atoms with Gasteiger partial charge in [0.25, 0.3) is 5.91 Å². The van der Waals surface area contributed by atoms with Gasteiger partial charge in [-0.3, -0.25) is 4.79 Å². The van der Waals surface area contributed by atoms with Crippen LogP contribution in [0, 0.1) is 25.7 Å². The third-order valence-corrected chi connectivity index (χ3v) is 6.03. The van der Waals surface area contributed by atoms with Crippen LogP contribution >= 0.6 is 0 Å². The number of amides is 1. The van der Waals surface area contributed by atoms with Crippen molar-refractivity contribution < 1.29 is 9.90 Å². The number of nitrogens with zero attached hydrogens (tertiary/aromatic N) is 3. The second-order valence-corrected chi connectivity index (χ2v) is 8.19. The number of aryl methyl sites for hydroxylation is 2. The lowest BCUT2D eigenvalue weighted by Crippen LogP contribution is -2.36. The Morgan fingerprint density at radius 3 is 2.65 bits per heavy atom. The molecule has 3 rings (SSSR count). The second kappa shape index (κ2) is 8.51. The zero-order valence-electron chi connectivity index (χ0n) is 16.4. The van der Waals surface area contributed by atoms with Crippen LogP contribution in [0.15, 0.2) is 18.2 Å². The highest BCUT2D eigenvalue weighted by molar-refractivity contribution is 5.96. The van der Waals surface area contributed by atoms with E-state index >= 15 is 0 Å². The van der Waals surface area contributed by atoms with Crippen LogP contribution in [0.3, 0.4) is 0 Å². The number of hydrogen-bond donors (Lipinski definition) is 1. The van der Waals surface area contributed by atoms with Crippen molar-refractivity contribution in [3.63, 3.8) is 0 Å². The lowest BCUT2D eigenvalue weighted by molar-refractivity contribution is 0.0778. The number of rotatable bonds is 4. The van der Waals surface area contributed by atoms with Crippen LogP contribution in [-0.4, -0.2) is 85.2 Å². The standard InChI is InChI=1S/C21H33N3O2/c1-16-5-6-17(2)20(11-16)21(26)24-13-18(19(14-24)15-25)12-23-8-4-7-22(3)9-10-23/h5-6,11,18-19,25H,4,7-10,12-15H2,1-3H3/t18-,19-/m1/s1. The highest BCUT2D eigenvalue weighted by atomic mass is 16.3. The molecule has 0 radical (unpaired) electrons. The molecule has 0 aliphatic carbocycles. The Bertz CT molecular complexity index is 634. The lowest BCUT2D eigenvalue weighted by Gasteiger charge is -2.26. The quantitative estimate of drug-likeness (QED) is 0.888. The van der Waals surface area contributed by atoms with Gasteiger partial charge in [0.15, 0.2) is 0 Å². The van der Waals surface area contributed by atoms with E-state index in [1.165, 1.54) is 6.42 Å². The summed E-state index contributed by atoms with van der Waals surface area (Å²) in [6.45, 7) is 11.0. The molecule has 0 spiro atoms. The SMILES string of the molecule is Cc1ccc(C)c(C(=O)N2C[C@@H](CN3CCCN(C)CC3)[C@@H](CO)C2)c1. The molecule has 5 heteroatoms. The van der Waals surface area contributed by atoms with Gasteiger partial charge in [-0.25, -0.2) is 0 Å². The summed E-state index contributed by atoms with van der Waals surface area (Å²) in [5.74, 6) is 0.658. The fraction of sp³-hybridized carbons (Fsp3) is 0.667. The van der Waals surface area contributed by atoms with Crippen molar-refractivity contribution in [2.45, 2.75) is 20.3 Å². The van der Waals surface area contributed by atoms with Gasteiger partial charge >= 0.3 is 0 Å². The lowest BCUT2D eigenvalue weighted by atomic mass is 9.96. The van der Waals surface area contributed by atoms with E-state index in [4.69, 9.17) is 0 Å². The van der Waals surface area contributed by atoms with Gasteiger partial charge in [-0.05, 0) is 58.0 Å². The Balaban J connectivity index is 1.66. The van der Waals surface area contributed by atoms with Gasteiger partial charge in [-0.15, -0.1) is 0 Å². The molecule has 2 heterocycles. The second-order valence-electron chi connectivity index (χ2n) is 8.19. The third kappa shape index (κ3) is 4.45. The summed E-state index contributed by atoms with van der Waals surface area (Å²) in [6, 6.07) is 6.06. The Morgan fingerprint density at radius 1 is 1.12 bits per heavy atom. The maximum atomic E-state index is 13.0. The van der Waals surface area contributed by atoms with Crippen molar-refractivity contribution in [2.75, 3.05) is 59.5 Å². The van der Waals surface area contributed by atoms with Crippen molar-refractivity contribution in [3.05, 3.63) is 34.9 Å².